The van der Waals surface area contributed by atoms with Crippen molar-refractivity contribution in [2.45, 2.75) is 12.5 Å². The third-order valence-electron chi connectivity index (χ3n) is 3.14. The Bertz CT molecular complexity index is 768. The predicted molar refractivity (Wildman–Crippen MR) is 138 cm³/mol. The molecule has 0 aliphatic carbocycles. The molecule has 0 spiro atoms. The molecule has 0 aromatic heterocycles. The fraction of sp³-hybridized carbons (Fsp3) is 0.133. The number of phenolic OH excluding ortho intramolecular Hbond substituents is 1. The number of benzene rings is 2. The Labute approximate surface area is 213 Å². The lowest BCUT2D eigenvalue weighted by Crippen LogP contribution is -2.32. The van der Waals surface area contributed by atoms with Crippen molar-refractivity contribution in [1.82, 2.24) is 3.53 Å². The molecule has 10 heteroatoms. The summed E-state index contributed by atoms with van der Waals surface area (Å²) in [6, 6.07) is 6.77. The Morgan fingerprint density at radius 1 is 1.04 bits per heavy atom. The molecule has 2 aromatic rings. The summed E-state index contributed by atoms with van der Waals surface area (Å²) in [5, 5.41) is 19.0. The summed E-state index contributed by atoms with van der Waals surface area (Å²) in [7, 11) is 0. The van der Waals surface area contributed by atoms with Gasteiger partial charge in [-0.2, -0.15) is 0 Å². The zero-order valence-electron chi connectivity index (χ0n) is 12.2. The monoisotopic (exact) mass is 903 g/mol. The lowest BCUT2D eigenvalue weighted by Gasteiger charge is -2.15. The quantitative estimate of drug-likeness (QED) is 0.263. The van der Waals surface area contributed by atoms with Crippen LogP contribution in [0.5, 0.6) is 17.2 Å². The zero-order valence-corrected chi connectivity index (χ0v) is 23.0. The largest absolute Gasteiger partial charge is 0.506 e. The number of phenols is 1. The molecule has 1 unspecified atom stereocenters. The van der Waals surface area contributed by atoms with Gasteiger partial charge in [-0.1, -0.05) is 0 Å². The van der Waals surface area contributed by atoms with Crippen molar-refractivity contribution < 1.29 is 19.7 Å². The van der Waals surface area contributed by atoms with E-state index in [0.717, 1.165) is 25.6 Å². The molecular weight excluding hydrogens is 893 g/mol. The van der Waals surface area contributed by atoms with Crippen molar-refractivity contribution in [2.75, 3.05) is 0 Å². The van der Waals surface area contributed by atoms with E-state index in [1.807, 2.05) is 35.0 Å². The van der Waals surface area contributed by atoms with E-state index in [2.05, 4.69) is 93.9 Å². The number of halogens is 5. The van der Waals surface area contributed by atoms with Gasteiger partial charge in [-0.25, -0.2) is 3.53 Å². The molecule has 2 rings (SSSR count). The number of carboxylic acids is 1. The van der Waals surface area contributed by atoms with Crippen LogP contribution in [-0.4, -0.2) is 22.2 Å². The molecule has 134 valence electrons. The van der Waals surface area contributed by atoms with E-state index in [9.17, 15) is 15.0 Å². The van der Waals surface area contributed by atoms with Crippen LogP contribution in [0.3, 0.4) is 0 Å². The zero-order chi connectivity index (χ0) is 18.7. The van der Waals surface area contributed by atoms with Gasteiger partial charge >= 0.3 is 5.97 Å². The number of ether oxygens (including phenoxy) is 1. The summed E-state index contributed by atoms with van der Waals surface area (Å²) in [6.07, 6.45) is 0.388. The van der Waals surface area contributed by atoms with E-state index in [1.54, 1.807) is 12.1 Å². The molecule has 0 aliphatic heterocycles. The maximum atomic E-state index is 11.2. The van der Waals surface area contributed by atoms with Gasteiger partial charge in [-0.3, -0.25) is 4.79 Å². The normalized spacial score (nSPS) is 12.0. The molecular formula is C15H10I5NO4. The number of hydrogen-bond acceptors (Lipinski definition) is 4. The van der Waals surface area contributed by atoms with E-state index >= 15 is 0 Å². The average molecular weight is 903 g/mol. The first-order chi connectivity index (χ1) is 11.7. The molecule has 2 aromatic carbocycles. The summed E-state index contributed by atoms with van der Waals surface area (Å²) in [6.45, 7) is 0. The van der Waals surface area contributed by atoms with Crippen molar-refractivity contribution in [3.8, 4) is 17.2 Å². The molecule has 0 amide bonds. The van der Waals surface area contributed by atoms with E-state index in [1.165, 1.54) is 0 Å². The van der Waals surface area contributed by atoms with Crippen LogP contribution < -0.4 is 8.27 Å². The van der Waals surface area contributed by atoms with E-state index in [-0.39, 0.29) is 5.75 Å². The number of aliphatic carboxylic acids is 1. The second-order valence-corrected chi connectivity index (χ2v) is 10.2. The van der Waals surface area contributed by atoms with Crippen LogP contribution in [0, 0.1) is 14.3 Å². The molecule has 0 aliphatic rings. The van der Waals surface area contributed by atoms with Crippen molar-refractivity contribution in [3.63, 3.8) is 0 Å². The highest BCUT2D eigenvalue weighted by atomic mass is 127. The van der Waals surface area contributed by atoms with Crippen LogP contribution in [-0.2, 0) is 11.2 Å². The molecule has 1 atom stereocenters. The number of aromatic hydroxyl groups is 1. The molecule has 0 heterocycles. The third kappa shape index (κ3) is 6.05. The second-order valence-electron chi connectivity index (χ2n) is 4.93. The van der Waals surface area contributed by atoms with Crippen molar-refractivity contribution in [1.29, 1.82) is 0 Å². The SMILES string of the molecule is O=C(O)C(Cc1cc(I)c(Oc2cc(I)c(O)c(I)c2)c(I)c1)NI. The maximum absolute atomic E-state index is 11.2. The van der Waals surface area contributed by atoms with E-state index < -0.39 is 12.0 Å². The second kappa shape index (κ2) is 10.1. The minimum atomic E-state index is -0.881. The van der Waals surface area contributed by atoms with Gasteiger partial charge < -0.3 is 14.9 Å². The number of rotatable bonds is 6. The lowest BCUT2D eigenvalue weighted by atomic mass is 10.1. The lowest BCUT2D eigenvalue weighted by molar-refractivity contribution is -0.138. The fourth-order valence-electron chi connectivity index (χ4n) is 1.96. The summed E-state index contributed by atoms with van der Waals surface area (Å²) in [5.74, 6) is 0.733. The van der Waals surface area contributed by atoms with Crippen LogP contribution in [0.25, 0.3) is 0 Å². The van der Waals surface area contributed by atoms with Crippen molar-refractivity contribution in [3.05, 3.63) is 44.1 Å². The molecule has 0 radical (unpaired) electrons. The Morgan fingerprint density at radius 2 is 1.56 bits per heavy atom. The third-order valence-corrected chi connectivity index (χ3v) is 7.14. The Hall–Kier alpha value is 1.12. The highest BCUT2D eigenvalue weighted by Crippen LogP contribution is 2.36. The number of carboxylic acid groups (broad SMARTS) is 1. The van der Waals surface area contributed by atoms with Crippen LogP contribution >= 0.6 is 113 Å². The van der Waals surface area contributed by atoms with Crippen LogP contribution in [0.15, 0.2) is 24.3 Å². The first kappa shape index (κ1) is 22.4. The molecule has 0 saturated heterocycles. The summed E-state index contributed by atoms with van der Waals surface area (Å²) in [4.78, 5) is 11.2. The van der Waals surface area contributed by atoms with Gasteiger partial charge in [0.2, 0.25) is 0 Å². The van der Waals surface area contributed by atoms with Gasteiger partial charge in [0.05, 0.1) is 14.3 Å². The van der Waals surface area contributed by atoms with Crippen LogP contribution in [0.1, 0.15) is 5.56 Å². The number of nitrogens with one attached hydrogen (secondary N) is 1. The topological polar surface area (TPSA) is 78.8 Å². The average Bonchev–Trinajstić information content (AvgIpc) is 2.53. The summed E-state index contributed by atoms with van der Waals surface area (Å²) < 4.78 is 12.0. The highest BCUT2D eigenvalue weighted by Gasteiger charge is 2.19. The molecule has 0 saturated carbocycles. The Balaban J connectivity index is 2.30. The number of carbonyl (C=O) groups is 1. The summed E-state index contributed by atoms with van der Waals surface area (Å²) >= 11 is 10.4. The smallest absolute Gasteiger partial charge is 0.321 e. The van der Waals surface area contributed by atoms with Crippen molar-refractivity contribution >= 4 is 119 Å². The van der Waals surface area contributed by atoms with Gasteiger partial charge in [-0.15, -0.1) is 0 Å². The van der Waals surface area contributed by atoms with Gasteiger partial charge in [0.15, 0.2) is 5.75 Å². The molecule has 0 bridgehead atoms. The summed E-state index contributed by atoms with van der Waals surface area (Å²) in [5.41, 5.74) is 0.924. The van der Waals surface area contributed by atoms with E-state index in [4.69, 9.17) is 4.74 Å². The van der Waals surface area contributed by atoms with Crippen molar-refractivity contribution in [2.24, 2.45) is 0 Å². The predicted octanol–water partition coefficient (Wildman–Crippen LogP) is 5.54. The fourth-order valence-corrected chi connectivity index (χ4v) is 6.27. The standard InChI is InChI=1S/C15H10I5NO4/c16-8-4-7(5-9(17)13(8)22)25-14-10(18)1-6(2-11(14)19)3-12(21-20)15(23)24/h1-2,4-5,12,21-22H,3H2,(H,23,24). The highest BCUT2D eigenvalue weighted by molar-refractivity contribution is 14.1. The van der Waals surface area contributed by atoms with Crippen LogP contribution in [0.4, 0.5) is 0 Å². The van der Waals surface area contributed by atoms with Gasteiger partial charge in [-0.05, 0) is 127 Å². The Kier molecular flexibility index (Phi) is 9.01. The van der Waals surface area contributed by atoms with Crippen LogP contribution in [0.2, 0.25) is 0 Å². The molecule has 3 N–H and O–H groups in total. The maximum Gasteiger partial charge on any atom is 0.321 e. The van der Waals surface area contributed by atoms with E-state index in [0.29, 0.717) is 12.2 Å². The molecule has 25 heavy (non-hydrogen) atoms. The van der Waals surface area contributed by atoms with Gasteiger partial charge in [0.1, 0.15) is 17.5 Å². The number of hydrogen-bond donors (Lipinski definition) is 3. The van der Waals surface area contributed by atoms with Gasteiger partial charge in [0, 0.05) is 22.9 Å². The minimum Gasteiger partial charge on any atom is -0.506 e. The minimum absolute atomic E-state index is 0.249. The first-order valence-electron chi connectivity index (χ1n) is 6.65. The van der Waals surface area contributed by atoms with Gasteiger partial charge in [0.25, 0.3) is 0 Å². The first-order valence-corrected chi connectivity index (χ1v) is 12.0. The molecule has 5 nitrogen and oxygen atoms in total. The Morgan fingerprint density at radius 3 is 2.00 bits per heavy atom. The molecule has 0 fully saturated rings.